The molecule has 4 nitrogen and oxygen atoms in total. The number of hydrogen-bond acceptors (Lipinski definition) is 2. The fourth-order valence-corrected chi connectivity index (χ4v) is 2.53. The van der Waals surface area contributed by atoms with Gasteiger partial charge in [-0.3, -0.25) is 9.13 Å². The number of nitrogens with zero attached hydrogens (tertiary/aromatic N) is 3. The second-order valence-corrected chi connectivity index (χ2v) is 5.77. The van der Waals surface area contributed by atoms with E-state index >= 15 is 0 Å². The van der Waals surface area contributed by atoms with Crippen LogP contribution in [-0.4, -0.2) is 9.13 Å². The molecule has 0 atom stereocenters. The molecule has 106 valence electrons. The third kappa shape index (κ3) is 2.62. The summed E-state index contributed by atoms with van der Waals surface area (Å²) in [6.45, 7) is 7.20. The number of nitriles is 1. The fraction of sp³-hybridized carbons (Fsp3) is 0.500. The van der Waals surface area contributed by atoms with Gasteiger partial charge in [-0.25, -0.2) is 4.79 Å². The third-order valence-electron chi connectivity index (χ3n) is 3.73. The standard InChI is InChI=1S/C16H21N3O/c1-4-18-13-8-5-6-9-14(13)19(15(18)20)11-7-10-16(2,3)12-17/h5-6,8-9H,4,7,10-11H2,1-3H3. The van der Waals surface area contributed by atoms with E-state index in [1.807, 2.05) is 49.6 Å². The summed E-state index contributed by atoms with van der Waals surface area (Å²) < 4.78 is 3.62. The predicted molar refractivity (Wildman–Crippen MR) is 80.5 cm³/mol. The van der Waals surface area contributed by atoms with Gasteiger partial charge in [-0.1, -0.05) is 12.1 Å². The molecule has 20 heavy (non-hydrogen) atoms. The van der Waals surface area contributed by atoms with Crippen molar-refractivity contribution in [3.8, 4) is 6.07 Å². The van der Waals surface area contributed by atoms with Crippen molar-refractivity contribution in [2.24, 2.45) is 5.41 Å². The van der Waals surface area contributed by atoms with Crippen molar-refractivity contribution >= 4 is 11.0 Å². The van der Waals surface area contributed by atoms with Crippen LogP contribution in [0.15, 0.2) is 29.1 Å². The summed E-state index contributed by atoms with van der Waals surface area (Å²) in [6.07, 6.45) is 1.62. The first kappa shape index (κ1) is 14.4. The summed E-state index contributed by atoms with van der Waals surface area (Å²) in [7, 11) is 0. The number of benzene rings is 1. The van der Waals surface area contributed by atoms with Crippen molar-refractivity contribution in [2.45, 2.75) is 46.7 Å². The van der Waals surface area contributed by atoms with Gasteiger partial charge in [0, 0.05) is 13.1 Å². The van der Waals surface area contributed by atoms with E-state index in [1.54, 1.807) is 4.57 Å². The maximum absolute atomic E-state index is 12.4. The SMILES string of the molecule is CCn1c(=O)n(CCCC(C)(C)C#N)c2ccccc21. The molecule has 4 heteroatoms. The molecule has 0 aliphatic carbocycles. The van der Waals surface area contributed by atoms with Crippen molar-refractivity contribution < 1.29 is 0 Å². The Morgan fingerprint density at radius 1 is 1.20 bits per heavy atom. The first-order valence-corrected chi connectivity index (χ1v) is 7.09. The maximum atomic E-state index is 12.4. The Morgan fingerprint density at radius 2 is 1.80 bits per heavy atom. The Labute approximate surface area is 119 Å². The van der Waals surface area contributed by atoms with Crippen LogP contribution < -0.4 is 5.69 Å². The lowest BCUT2D eigenvalue weighted by atomic mass is 9.90. The molecule has 0 saturated heterocycles. The van der Waals surface area contributed by atoms with Gasteiger partial charge in [0.25, 0.3) is 0 Å². The van der Waals surface area contributed by atoms with Crippen molar-refractivity contribution in [2.75, 3.05) is 0 Å². The minimum Gasteiger partial charge on any atom is -0.292 e. The second-order valence-electron chi connectivity index (χ2n) is 5.77. The average Bonchev–Trinajstić information content (AvgIpc) is 2.71. The van der Waals surface area contributed by atoms with Crippen LogP contribution in [0.2, 0.25) is 0 Å². The highest BCUT2D eigenvalue weighted by molar-refractivity contribution is 5.75. The number of aromatic nitrogens is 2. The lowest BCUT2D eigenvalue weighted by Crippen LogP contribution is -2.24. The molecule has 2 aromatic rings. The molecule has 0 saturated carbocycles. The number of fused-ring (bicyclic) bond motifs is 1. The summed E-state index contributed by atoms with van der Waals surface area (Å²) in [4.78, 5) is 12.4. The van der Waals surface area contributed by atoms with E-state index in [4.69, 9.17) is 5.26 Å². The highest BCUT2D eigenvalue weighted by Crippen LogP contribution is 2.21. The minimum atomic E-state index is -0.327. The van der Waals surface area contributed by atoms with Crippen LogP contribution in [0.1, 0.15) is 33.6 Å². The molecule has 2 rings (SSSR count). The van der Waals surface area contributed by atoms with Gasteiger partial charge in [0.15, 0.2) is 0 Å². The molecule has 0 N–H and O–H groups in total. The molecule has 0 radical (unpaired) electrons. The summed E-state index contributed by atoms with van der Waals surface area (Å²) in [5, 5.41) is 9.04. The van der Waals surface area contributed by atoms with Crippen molar-refractivity contribution in [3.63, 3.8) is 0 Å². The molecule has 0 bridgehead atoms. The quantitative estimate of drug-likeness (QED) is 0.838. The van der Waals surface area contributed by atoms with Crippen molar-refractivity contribution in [1.82, 2.24) is 9.13 Å². The van der Waals surface area contributed by atoms with Crippen molar-refractivity contribution in [1.29, 1.82) is 5.26 Å². The Hall–Kier alpha value is -2.02. The molecule has 0 unspecified atom stereocenters. The molecule has 1 aromatic heterocycles. The molecule has 0 aliphatic rings. The molecule has 1 aromatic carbocycles. The van der Waals surface area contributed by atoms with Gasteiger partial charge < -0.3 is 0 Å². The minimum absolute atomic E-state index is 0.0449. The third-order valence-corrected chi connectivity index (χ3v) is 3.73. The molecule has 0 fully saturated rings. The lowest BCUT2D eigenvalue weighted by molar-refractivity contribution is 0.414. The van der Waals surface area contributed by atoms with Crippen LogP contribution in [0.5, 0.6) is 0 Å². The maximum Gasteiger partial charge on any atom is 0.329 e. The molecule has 0 amide bonds. The van der Waals surface area contributed by atoms with E-state index in [-0.39, 0.29) is 11.1 Å². The number of imidazole rings is 1. The Kier molecular flexibility index (Phi) is 3.99. The largest absolute Gasteiger partial charge is 0.329 e. The van der Waals surface area contributed by atoms with Crippen LogP contribution in [0.4, 0.5) is 0 Å². The highest BCUT2D eigenvalue weighted by Gasteiger charge is 2.17. The zero-order valence-electron chi connectivity index (χ0n) is 12.4. The van der Waals surface area contributed by atoms with E-state index in [0.29, 0.717) is 13.1 Å². The Morgan fingerprint density at radius 3 is 2.35 bits per heavy atom. The summed E-state index contributed by atoms with van der Waals surface area (Å²) in [5.74, 6) is 0. The van der Waals surface area contributed by atoms with Gasteiger partial charge in [0.1, 0.15) is 0 Å². The van der Waals surface area contributed by atoms with E-state index in [1.165, 1.54) is 0 Å². The summed E-state index contributed by atoms with van der Waals surface area (Å²) in [6, 6.07) is 10.2. The number of hydrogen-bond donors (Lipinski definition) is 0. The van der Waals surface area contributed by atoms with Crippen LogP contribution in [0.3, 0.4) is 0 Å². The van der Waals surface area contributed by atoms with Crippen molar-refractivity contribution in [3.05, 3.63) is 34.7 Å². The normalized spacial score (nSPS) is 11.7. The van der Waals surface area contributed by atoms with Crippen LogP contribution in [0, 0.1) is 16.7 Å². The smallest absolute Gasteiger partial charge is 0.292 e. The Balaban J connectivity index is 2.29. The van der Waals surface area contributed by atoms with Gasteiger partial charge in [-0.15, -0.1) is 0 Å². The second kappa shape index (κ2) is 5.54. The Bertz CT molecular complexity index is 701. The van der Waals surface area contributed by atoms with Crippen LogP contribution in [-0.2, 0) is 13.1 Å². The highest BCUT2D eigenvalue weighted by atomic mass is 16.1. The van der Waals surface area contributed by atoms with Crippen LogP contribution >= 0.6 is 0 Å². The zero-order chi connectivity index (χ0) is 14.8. The topological polar surface area (TPSA) is 50.7 Å². The van der Waals surface area contributed by atoms with Gasteiger partial charge in [0.05, 0.1) is 22.5 Å². The zero-order valence-corrected chi connectivity index (χ0v) is 12.4. The summed E-state index contributed by atoms with van der Waals surface area (Å²) in [5.41, 5.74) is 1.68. The molecular formula is C16H21N3O. The first-order chi connectivity index (χ1) is 9.50. The van der Waals surface area contributed by atoms with E-state index in [9.17, 15) is 4.79 Å². The molecule has 0 aliphatic heterocycles. The average molecular weight is 271 g/mol. The van der Waals surface area contributed by atoms with Gasteiger partial charge >= 0.3 is 5.69 Å². The van der Waals surface area contributed by atoms with Gasteiger partial charge in [-0.2, -0.15) is 5.26 Å². The molecule has 0 spiro atoms. The van der Waals surface area contributed by atoms with E-state index in [0.717, 1.165) is 23.9 Å². The fourth-order valence-electron chi connectivity index (χ4n) is 2.53. The molecule has 1 heterocycles. The predicted octanol–water partition coefficient (Wildman–Crippen LogP) is 3.15. The summed E-state index contributed by atoms with van der Waals surface area (Å²) >= 11 is 0. The van der Waals surface area contributed by atoms with E-state index in [2.05, 4.69) is 6.07 Å². The first-order valence-electron chi connectivity index (χ1n) is 7.09. The van der Waals surface area contributed by atoms with E-state index < -0.39 is 0 Å². The number of rotatable bonds is 5. The number of aryl methyl sites for hydroxylation is 2. The van der Waals surface area contributed by atoms with Gasteiger partial charge in [0.2, 0.25) is 0 Å². The monoisotopic (exact) mass is 271 g/mol. The van der Waals surface area contributed by atoms with Crippen LogP contribution in [0.25, 0.3) is 11.0 Å². The molecular weight excluding hydrogens is 250 g/mol. The lowest BCUT2D eigenvalue weighted by Gasteiger charge is -2.14. The number of para-hydroxylation sites is 2. The van der Waals surface area contributed by atoms with Gasteiger partial charge in [-0.05, 0) is 45.7 Å².